The average molecular weight is 307 g/mol. The predicted molar refractivity (Wildman–Crippen MR) is 83.3 cm³/mol. The van der Waals surface area contributed by atoms with E-state index >= 15 is 0 Å². The van der Waals surface area contributed by atoms with E-state index in [1.54, 1.807) is 11.8 Å². The number of aliphatic carboxylic acids is 1. The fraction of sp³-hybridized carbons (Fsp3) is 0.500. The molecule has 0 saturated carbocycles. The number of amides is 1. The molecule has 4 nitrogen and oxygen atoms in total. The van der Waals surface area contributed by atoms with E-state index in [9.17, 15) is 9.59 Å². The van der Waals surface area contributed by atoms with Crippen LogP contribution in [0.15, 0.2) is 35.2 Å². The van der Waals surface area contributed by atoms with Crippen molar-refractivity contribution in [2.75, 3.05) is 18.8 Å². The Kier molecular flexibility index (Phi) is 6.11. The fourth-order valence-corrected chi connectivity index (χ4v) is 3.50. The van der Waals surface area contributed by atoms with E-state index in [4.69, 9.17) is 5.11 Å². The maximum atomic E-state index is 12.2. The second kappa shape index (κ2) is 8.08. The van der Waals surface area contributed by atoms with Crippen LogP contribution in [0.25, 0.3) is 0 Å². The van der Waals surface area contributed by atoms with Gasteiger partial charge in [-0.1, -0.05) is 18.2 Å². The molecule has 1 N–H and O–H groups in total. The van der Waals surface area contributed by atoms with Gasteiger partial charge >= 0.3 is 5.97 Å². The van der Waals surface area contributed by atoms with E-state index in [0.29, 0.717) is 13.0 Å². The Morgan fingerprint density at radius 1 is 1.29 bits per heavy atom. The molecule has 1 saturated heterocycles. The van der Waals surface area contributed by atoms with Crippen LogP contribution in [0.4, 0.5) is 0 Å². The first-order valence-electron chi connectivity index (χ1n) is 7.32. The lowest BCUT2D eigenvalue weighted by atomic mass is 9.95. The highest BCUT2D eigenvalue weighted by molar-refractivity contribution is 7.99. The Labute approximate surface area is 129 Å². The molecule has 2 rings (SSSR count). The van der Waals surface area contributed by atoms with E-state index in [1.807, 2.05) is 35.2 Å². The number of carbonyl (C=O) groups is 2. The molecule has 1 aromatic carbocycles. The van der Waals surface area contributed by atoms with Gasteiger partial charge in [0.05, 0.1) is 0 Å². The van der Waals surface area contributed by atoms with Gasteiger partial charge in [0, 0.05) is 36.6 Å². The van der Waals surface area contributed by atoms with Gasteiger partial charge in [0.2, 0.25) is 5.91 Å². The average Bonchev–Trinajstić information content (AvgIpc) is 2.48. The summed E-state index contributed by atoms with van der Waals surface area (Å²) in [6, 6.07) is 10.0. The summed E-state index contributed by atoms with van der Waals surface area (Å²) in [5.74, 6) is 0.257. The van der Waals surface area contributed by atoms with Crippen LogP contribution >= 0.6 is 11.8 Å². The highest BCUT2D eigenvalue weighted by atomic mass is 32.2. The van der Waals surface area contributed by atoms with E-state index in [-0.39, 0.29) is 18.2 Å². The maximum absolute atomic E-state index is 12.2. The molecule has 1 fully saturated rings. The third kappa shape index (κ3) is 5.42. The molecule has 5 heteroatoms. The zero-order valence-electron chi connectivity index (χ0n) is 12.0. The van der Waals surface area contributed by atoms with Gasteiger partial charge in [-0.3, -0.25) is 9.59 Å². The van der Waals surface area contributed by atoms with Crippen LogP contribution in [0.1, 0.15) is 25.7 Å². The summed E-state index contributed by atoms with van der Waals surface area (Å²) in [6.45, 7) is 1.37. The minimum atomic E-state index is -0.770. The van der Waals surface area contributed by atoms with Crippen LogP contribution in [0.2, 0.25) is 0 Å². The van der Waals surface area contributed by atoms with Gasteiger partial charge in [-0.2, -0.15) is 0 Å². The zero-order chi connectivity index (χ0) is 15.1. The molecule has 1 aromatic rings. The molecule has 1 amide bonds. The van der Waals surface area contributed by atoms with Gasteiger partial charge in [-0.15, -0.1) is 11.8 Å². The van der Waals surface area contributed by atoms with Crippen molar-refractivity contribution in [3.05, 3.63) is 30.3 Å². The van der Waals surface area contributed by atoms with Crippen molar-refractivity contribution in [1.82, 2.24) is 4.90 Å². The van der Waals surface area contributed by atoms with Gasteiger partial charge in [0.15, 0.2) is 0 Å². The number of likely N-dealkylation sites (tertiary alicyclic amines) is 1. The third-order valence-corrected chi connectivity index (χ3v) is 4.68. The number of carboxylic acids is 1. The first-order valence-corrected chi connectivity index (χ1v) is 8.31. The zero-order valence-corrected chi connectivity index (χ0v) is 12.8. The van der Waals surface area contributed by atoms with Gasteiger partial charge in [-0.05, 0) is 30.9 Å². The summed E-state index contributed by atoms with van der Waals surface area (Å²) in [4.78, 5) is 26.0. The predicted octanol–water partition coefficient (Wildman–Crippen LogP) is 2.88. The second-order valence-corrected chi connectivity index (χ2v) is 6.53. The number of carboxylic acid groups (broad SMARTS) is 1. The van der Waals surface area contributed by atoms with Gasteiger partial charge in [0.25, 0.3) is 0 Å². The molecule has 0 aromatic heterocycles. The molecule has 21 heavy (non-hydrogen) atoms. The second-order valence-electron chi connectivity index (χ2n) is 5.36. The highest BCUT2D eigenvalue weighted by Crippen LogP contribution is 2.22. The number of nitrogens with zero attached hydrogens (tertiary/aromatic N) is 1. The summed E-state index contributed by atoms with van der Waals surface area (Å²) < 4.78 is 0. The van der Waals surface area contributed by atoms with Crippen LogP contribution < -0.4 is 0 Å². The lowest BCUT2D eigenvalue weighted by Gasteiger charge is -2.32. The van der Waals surface area contributed by atoms with Crippen LogP contribution in [0, 0.1) is 5.92 Å². The summed E-state index contributed by atoms with van der Waals surface area (Å²) in [5.41, 5.74) is 0. The smallest absolute Gasteiger partial charge is 0.303 e. The molecule has 0 bridgehead atoms. The van der Waals surface area contributed by atoms with Crippen LogP contribution in [-0.2, 0) is 9.59 Å². The standard InChI is InChI=1S/C16H21NO3S/c18-15(8-10-21-14-6-2-1-3-7-14)17-9-4-5-13(12-17)11-16(19)20/h1-3,6-7,13H,4-5,8-12H2,(H,19,20). The number of thioether (sulfide) groups is 1. The Bertz CT molecular complexity index is 478. The Morgan fingerprint density at radius 3 is 2.76 bits per heavy atom. The topological polar surface area (TPSA) is 57.6 Å². The van der Waals surface area contributed by atoms with Crippen LogP contribution in [0.5, 0.6) is 0 Å². The molecule has 0 spiro atoms. The number of benzene rings is 1. The first kappa shape index (κ1) is 15.9. The molecule has 0 radical (unpaired) electrons. The summed E-state index contributed by atoms with van der Waals surface area (Å²) in [7, 11) is 0. The number of hydrogen-bond acceptors (Lipinski definition) is 3. The molecular weight excluding hydrogens is 286 g/mol. The lowest BCUT2D eigenvalue weighted by molar-refractivity contribution is -0.140. The van der Waals surface area contributed by atoms with Crippen molar-refractivity contribution in [2.45, 2.75) is 30.6 Å². The van der Waals surface area contributed by atoms with Crippen molar-refractivity contribution < 1.29 is 14.7 Å². The third-order valence-electron chi connectivity index (χ3n) is 3.66. The van der Waals surface area contributed by atoms with Gasteiger partial charge < -0.3 is 10.0 Å². The molecule has 1 atom stereocenters. The number of piperidine rings is 1. The lowest BCUT2D eigenvalue weighted by Crippen LogP contribution is -2.40. The number of hydrogen-bond donors (Lipinski definition) is 1. The summed E-state index contributed by atoms with van der Waals surface area (Å²) >= 11 is 1.68. The fourth-order valence-electron chi connectivity index (χ4n) is 2.64. The largest absolute Gasteiger partial charge is 0.481 e. The normalized spacial score (nSPS) is 18.5. The van der Waals surface area contributed by atoms with Gasteiger partial charge in [0.1, 0.15) is 0 Å². The van der Waals surface area contributed by atoms with Crippen molar-refractivity contribution in [3.8, 4) is 0 Å². The molecular formula is C16H21NO3S. The van der Waals surface area contributed by atoms with Crippen molar-refractivity contribution in [2.24, 2.45) is 5.92 Å². The van der Waals surface area contributed by atoms with Crippen molar-refractivity contribution in [3.63, 3.8) is 0 Å². The van der Waals surface area contributed by atoms with E-state index in [1.165, 1.54) is 4.90 Å². The van der Waals surface area contributed by atoms with E-state index in [0.717, 1.165) is 25.1 Å². The maximum Gasteiger partial charge on any atom is 0.303 e. The number of rotatable bonds is 6. The molecule has 0 aliphatic carbocycles. The molecule has 1 unspecified atom stereocenters. The van der Waals surface area contributed by atoms with Gasteiger partial charge in [-0.25, -0.2) is 0 Å². The summed E-state index contributed by atoms with van der Waals surface area (Å²) in [6.07, 6.45) is 2.51. The summed E-state index contributed by atoms with van der Waals surface area (Å²) in [5, 5.41) is 8.85. The molecule has 114 valence electrons. The van der Waals surface area contributed by atoms with Crippen LogP contribution in [0.3, 0.4) is 0 Å². The SMILES string of the molecule is O=C(O)CC1CCCN(C(=O)CCSc2ccccc2)C1. The van der Waals surface area contributed by atoms with E-state index in [2.05, 4.69) is 0 Å². The Hall–Kier alpha value is -1.49. The van der Waals surface area contributed by atoms with E-state index < -0.39 is 5.97 Å². The first-order chi connectivity index (χ1) is 10.1. The minimum absolute atomic E-state index is 0.113. The molecule has 1 aliphatic heterocycles. The molecule has 1 aliphatic rings. The number of carbonyl (C=O) groups excluding carboxylic acids is 1. The molecule has 1 heterocycles. The Morgan fingerprint density at radius 2 is 2.05 bits per heavy atom. The monoisotopic (exact) mass is 307 g/mol. The van der Waals surface area contributed by atoms with Crippen LogP contribution in [-0.4, -0.2) is 40.7 Å². The highest BCUT2D eigenvalue weighted by Gasteiger charge is 2.24. The quantitative estimate of drug-likeness (QED) is 0.821. The Balaban J connectivity index is 1.73. The van der Waals surface area contributed by atoms with Crippen molar-refractivity contribution >= 4 is 23.6 Å². The minimum Gasteiger partial charge on any atom is -0.481 e. The van der Waals surface area contributed by atoms with Crippen molar-refractivity contribution in [1.29, 1.82) is 0 Å².